The predicted molar refractivity (Wildman–Crippen MR) is 155 cm³/mol. The first-order valence-electron chi connectivity index (χ1n) is 14.8. The lowest BCUT2D eigenvalue weighted by molar-refractivity contribution is 0.0755. The maximum Gasteiger partial charge on any atom is 0.256 e. The molecule has 2 aliphatic heterocycles. The minimum Gasteiger partial charge on any atom is -0.339 e. The molecule has 1 saturated carbocycles. The number of aromatic nitrogens is 1. The highest BCUT2D eigenvalue weighted by Crippen LogP contribution is 2.35. The molecule has 0 atom stereocenters. The van der Waals surface area contributed by atoms with Gasteiger partial charge in [-0.1, -0.05) is 0 Å². The third-order valence-corrected chi connectivity index (χ3v) is 9.22. The number of piperidine rings is 1. The lowest BCUT2D eigenvalue weighted by atomic mass is 9.85. The minimum atomic E-state index is -0.398. The number of hydrogen-bond acceptors (Lipinski definition) is 6. The minimum absolute atomic E-state index is 0.0174. The highest BCUT2D eigenvalue weighted by Gasteiger charge is 2.31. The van der Waals surface area contributed by atoms with Crippen molar-refractivity contribution in [3.05, 3.63) is 53.6 Å². The van der Waals surface area contributed by atoms with E-state index in [1.165, 1.54) is 62.8 Å². The number of carbonyl (C=O) groups excluding carboxylic acids is 1. The number of nitrogens with zero attached hydrogens (tertiary/aromatic N) is 5. The van der Waals surface area contributed by atoms with Crippen molar-refractivity contribution in [1.29, 1.82) is 0 Å². The molecule has 5 rings (SSSR count). The van der Waals surface area contributed by atoms with E-state index in [1.807, 2.05) is 26.2 Å². The number of amides is 1. The molecule has 0 radical (unpaired) electrons. The van der Waals surface area contributed by atoms with Crippen LogP contribution in [0.1, 0.15) is 68.3 Å². The van der Waals surface area contributed by atoms with Crippen molar-refractivity contribution in [3.8, 4) is 0 Å². The smallest absolute Gasteiger partial charge is 0.256 e. The van der Waals surface area contributed by atoms with Crippen molar-refractivity contribution < 1.29 is 9.18 Å². The number of likely N-dealkylation sites (tertiary alicyclic amines) is 1. The molecule has 7 nitrogen and oxygen atoms in total. The first-order chi connectivity index (χ1) is 18.8. The number of hydrogen-bond donors (Lipinski definition) is 1. The Bertz CT molecular complexity index is 1130. The van der Waals surface area contributed by atoms with Crippen LogP contribution in [-0.4, -0.2) is 83.5 Å². The molecular formula is C31H45FN6O. The monoisotopic (exact) mass is 536 g/mol. The van der Waals surface area contributed by atoms with Crippen molar-refractivity contribution in [2.45, 2.75) is 77.0 Å². The molecular weight excluding hydrogens is 491 g/mol. The maximum absolute atomic E-state index is 14.4. The molecule has 39 heavy (non-hydrogen) atoms. The average molecular weight is 537 g/mol. The van der Waals surface area contributed by atoms with Crippen LogP contribution < -0.4 is 10.6 Å². The fourth-order valence-corrected chi connectivity index (χ4v) is 6.54. The van der Waals surface area contributed by atoms with E-state index in [2.05, 4.69) is 25.8 Å². The number of fused-ring (bicyclic) bond motifs is 1. The largest absolute Gasteiger partial charge is 0.339 e. The fraction of sp³-hybridized carbons (Fsp3) is 0.613. The van der Waals surface area contributed by atoms with Gasteiger partial charge < -0.3 is 20.4 Å². The topological polar surface area (TPSA) is 68.9 Å². The summed E-state index contributed by atoms with van der Waals surface area (Å²) in [6.45, 7) is 9.91. The van der Waals surface area contributed by atoms with E-state index in [1.54, 1.807) is 18.0 Å². The predicted octanol–water partition coefficient (Wildman–Crippen LogP) is 4.64. The molecule has 2 N–H and O–H groups in total. The number of anilines is 2. The summed E-state index contributed by atoms with van der Waals surface area (Å²) in [7, 11) is 1.77. The van der Waals surface area contributed by atoms with Gasteiger partial charge in [-0.25, -0.2) is 4.39 Å². The van der Waals surface area contributed by atoms with E-state index in [0.29, 0.717) is 17.6 Å². The summed E-state index contributed by atoms with van der Waals surface area (Å²) in [5.74, 6) is 0.234. The van der Waals surface area contributed by atoms with Gasteiger partial charge in [0.15, 0.2) is 0 Å². The number of rotatable bonds is 6. The first-order valence-corrected chi connectivity index (χ1v) is 14.8. The van der Waals surface area contributed by atoms with Crippen molar-refractivity contribution in [1.82, 2.24) is 19.7 Å². The maximum atomic E-state index is 14.4. The van der Waals surface area contributed by atoms with Gasteiger partial charge in [-0.3, -0.25) is 14.7 Å². The van der Waals surface area contributed by atoms with Crippen molar-refractivity contribution >= 4 is 17.3 Å². The molecule has 0 unspecified atom stereocenters. The first kappa shape index (κ1) is 28.0. The Morgan fingerprint density at radius 2 is 1.79 bits per heavy atom. The van der Waals surface area contributed by atoms with Gasteiger partial charge in [0.1, 0.15) is 5.82 Å². The molecule has 1 aromatic heterocycles. The van der Waals surface area contributed by atoms with Gasteiger partial charge in [-0.2, -0.15) is 0 Å². The van der Waals surface area contributed by atoms with Crippen LogP contribution in [0.3, 0.4) is 0 Å². The lowest BCUT2D eigenvalue weighted by Gasteiger charge is -2.40. The van der Waals surface area contributed by atoms with Crippen LogP contribution in [0.25, 0.3) is 0 Å². The summed E-state index contributed by atoms with van der Waals surface area (Å²) < 4.78 is 14.4. The SMILES string of the molecule is CC(C)N(C)C(=O)c1cc(F)ccc1N1CCN(C2CCN(C[C@H]3CC[C@H](N)CC3)CC2)Cc2ccncc21. The molecule has 3 heterocycles. The van der Waals surface area contributed by atoms with E-state index in [4.69, 9.17) is 5.73 Å². The Morgan fingerprint density at radius 3 is 2.51 bits per heavy atom. The Morgan fingerprint density at radius 1 is 1.05 bits per heavy atom. The third-order valence-electron chi connectivity index (χ3n) is 9.22. The summed E-state index contributed by atoms with van der Waals surface area (Å²) in [5, 5.41) is 0. The van der Waals surface area contributed by atoms with Gasteiger partial charge in [0.25, 0.3) is 5.91 Å². The molecule has 2 aromatic rings. The summed E-state index contributed by atoms with van der Waals surface area (Å²) >= 11 is 0. The zero-order valence-electron chi connectivity index (χ0n) is 23.9. The second-order valence-corrected chi connectivity index (χ2v) is 12.1. The van der Waals surface area contributed by atoms with Crippen LogP contribution in [0.4, 0.5) is 15.8 Å². The Labute approximate surface area is 233 Å². The number of benzene rings is 1. The molecule has 0 bridgehead atoms. The number of halogens is 1. The van der Waals surface area contributed by atoms with Gasteiger partial charge in [0, 0.05) is 57.5 Å². The van der Waals surface area contributed by atoms with Gasteiger partial charge in [0.2, 0.25) is 0 Å². The summed E-state index contributed by atoms with van der Waals surface area (Å²) in [5.41, 5.74) is 9.45. The zero-order valence-corrected chi connectivity index (χ0v) is 23.9. The number of carbonyl (C=O) groups is 1. The second-order valence-electron chi connectivity index (χ2n) is 12.1. The number of nitrogens with two attached hydrogens (primary N) is 1. The van der Waals surface area contributed by atoms with Crippen LogP contribution in [0.15, 0.2) is 36.7 Å². The summed E-state index contributed by atoms with van der Waals surface area (Å²) in [6.07, 6.45) is 11.0. The molecule has 2 fully saturated rings. The van der Waals surface area contributed by atoms with E-state index in [-0.39, 0.29) is 11.9 Å². The quantitative estimate of drug-likeness (QED) is 0.580. The Kier molecular flexibility index (Phi) is 8.84. The molecule has 0 spiro atoms. The molecule has 3 aliphatic rings. The van der Waals surface area contributed by atoms with E-state index >= 15 is 0 Å². The van der Waals surface area contributed by atoms with Crippen LogP contribution in [0.2, 0.25) is 0 Å². The normalized spacial score (nSPS) is 23.5. The van der Waals surface area contributed by atoms with Gasteiger partial charge in [0.05, 0.1) is 23.1 Å². The zero-order chi connectivity index (χ0) is 27.5. The van der Waals surface area contributed by atoms with Gasteiger partial charge in [-0.05, 0) is 101 Å². The van der Waals surface area contributed by atoms with E-state index in [9.17, 15) is 9.18 Å². The molecule has 1 aliphatic carbocycles. The van der Waals surface area contributed by atoms with Crippen LogP contribution >= 0.6 is 0 Å². The van der Waals surface area contributed by atoms with Gasteiger partial charge in [-0.15, -0.1) is 0 Å². The molecule has 1 saturated heterocycles. The average Bonchev–Trinajstić information content (AvgIpc) is 3.14. The Balaban J connectivity index is 1.31. The highest BCUT2D eigenvalue weighted by molar-refractivity contribution is 6.00. The van der Waals surface area contributed by atoms with Crippen molar-refractivity contribution in [3.63, 3.8) is 0 Å². The molecule has 1 amide bonds. The Hall–Kier alpha value is -2.55. The highest BCUT2D eigenvalue weighted by atomic mass is 19.1. The molecule has 8 heteroatoms. The van der Waals surface area contributed by atoms with E-state index < -0.39 is 5.82 Å². The lowest BCUT2D eigenvalue weighted by Crippen LogP contribution is -2.47. The van der Waals surface area contributed by atoms with Crippen LogP contribution in [-0.2, 0) is 6.54 Å². The standard InChI is InChI=1S/C31H45FN6O/c1-22(2)35(3)31(39)28-18-25(32)6-9-29(28)38-17-16-37(21-24-10-13-34-19-30(24)38)27-11-14-36(15-12-27)20-23-4-7-26(33)8-5-23/h6,9-10,13,18-19,22-23,26-27H,4-5,7-8,11-12,14-17,20-21,33H2,1-3H3/t23-,26-. The summed E-state index contributed by atoms with van der Waals surface area (Å²) in [6, 6.07) is 7.63. The summed E-state index contributed by atoms with van der Waals surface area (Å²) in [4.78, 5) is 27.0. The second kappa shape index (κ2) is 12.3. The van der Waals surface area contributed by atoms with Crippen molar-refractivity contribution in [2.75, 3.05) is 44.7 Å². The van der Waals surface area contributed by atoms with Crippen LogP contribution in [0.5, 0.6) is 0 Å². The number of pyridine rings is 1. The van der Waals surface area contributed by atoms with Crippen LogP contribution in [0, 0.1) is 11.7 Å². The molecule has 1 aromatic carbocycles. The molecule has 212 valence electrons. The van der Waals surface area contributed by atoms with E-state index in [0.717, 1.165) is 50.0 Å². The third kappa shape index (κ3) is 6.44. The fourth-order valence-electron chi connectivity index (χ4n) is 6.54. The van der Waals surface area contributed by atoms with Crippen molar-refractivity contribution in [2.24, 2.45) is 11.7 Å². The van der Waals surface area contributed by atoms with Gasteiger partial charge >= 0.3 is 0 Å².